The van der Waals surface area contributed by atoms with Crippen molar-refractivity contribution in [3.8, 4) is 10.6 Å². The lowest BCUT2D eigenvalue weighted by molar-refractivity contribution is -0.129. The molecule has 0 bridgehead atoms. The van der Waals surface area contributed by atoms with E-state index in [0.29, 0.717) is 24.5 Å². The van der Waals surface area contributed by atoms with Crippen LogP contribution in [0.25, 0.3) is 20.8 Å². The maximum Gasteiger partial charge on any atom is 0.240 e. The van der Waals surface area contributed by atoms with Gasteiger partial charge in [0.05, 0.1) is 21.7 Å². The fraction of sp³-hybridized carbons (Fsp3) is 0.208. The molecule has 1 aliphatic rings. The van der Waals surface area contributed by atoms with Crippen LogP contribution in [-0.4, -0.2) is 42.4 Å². The number of hydrogen-bond donors (Lipinski definition) is 1. The number of fused-ring (bicyclic) bond motifs is 2. The minimum absolute atomic E-state index is 0.0263. The monoisotopic (exact) mass is 529 g/mol. The summed E-state index contributed by atoms with van der Waals surface area (Å²) in [5.41, 5.74) is 2.63. The summed E-state index contributed by atoms with van der Waals surface area (Å²) in [5.74, 6) is -2.06. The second-order valence-electron chi connectivity index (χ2n) is 8.15. The molecular weight excluding hydrogens is 509 g/mol. The number of halogens is 1. The summed E-state index contributed by atoms with van der Waals surface area (Å²) in [4.78, 5) is 32.1. The van der Waals surface area contributed by atoms with Crippen LogP contribution in [0.5, 0.6) is 0 Å². The van der Waals surface area contributed by atoms with Crippen molar-refractivity contribution in [2.75, 3.05) is 17.6 Å². The average Bonchev–Trinajstić information content (AvgIpc) is 3.38. The number of carbonyl (C=O) groups is 2. The standard InChI is InChI=1S/C24H20FN3O4S3/c1-14(29)28-11-10-17-20(12-28)34-24(22(17)23-26-18-4-2-3-5-19(18)33-23)27-21(30)13-35(31,32)16-8-6-15(25)7-9-16/h2-9H,10-13H2,1H3,(H,27,30). The van der Waals surface area contributed by atoms with Gasteiger partial charge in [-0.15, -0.1) is 22.7 Å². The first-order chi connectivity index (χ1) is 16.7. The van der Waals surface area contributed by atoms with E-state index in [1.54, 1.807) is 4.90 Å². The smallest absolute Gasteiger partial charge is 0.240 e. The number of amides is 2. The highest BCUT2D eigenvalue weighted by Gasteiger charge is 2.29. The molecule has 0 saturated heterocycles. The first kappa shape index (κ1) is 23.6. The van der Waals surface area contributed by atoms with Crippen molar-refractivity contribution in [2.45, 2.75) is 24.8 Å². The topological polar surface area (TPSA) is 96.4 Å². The van der Waals surface area contributed by atoms with Crippen LogP contribution in [0.1, 0.15) is 17.4 Å². The molecule has 2 aromatic carbocycles. The highest BCUT2D eigenvalue weighted by atomic mass is 32.2. The maximum absolute atomic E-state index is 13.2. The predicted molar refractivity (Wildman–Crippen MR) is 135 cm³/mol. The Morgan fingerprint density at radius 1 is 1.11 bits per heavy atom. The van der Waals surface area contributed by atoms with Gasteiger partial charge in [-0.25, -0.2) is 17.8 Å². The summed E-state index contributed by atoms with van der Waals surface area (Å²) < 4.78 is 39.6. The molecule has 0 aliphatic carbocycles. The van der Waals surface area contributed by atoms with Crippen molar-refractivity contribution in [1.29, 1.82) is 0 Å². The van der Waals surface area contributed by atoms with Gasteiger partial charge in [0.15, 0.2) is 9.84 Å². The highest BCUT2D eigenvalue weighted by Crippen LogP contribution is 2.45. The van der Waals surface area contributed by atoms with E-state index in [4.69, 9.17) is 4.98 Å². The van der Waals surface area contributed by atoms with E-state index in [-0.39, 0.29) is 10.8 Å². The highest BCUT2D eigenvalue weighted by molar-refractivity contribution is 7.92. The fourth-order valence-electron chi connectivity index (χ4n) is 4.03. The van der Waals surface area contributed by atoms with Crippen molar-refractivity contribution in [3.63, 3.8) is 0 Å². The summed E-state index contributed by atoms with van der Waals surface area (Å²) in [6.45, 7) is 2.51. The molecule has 1 aliphatic heterocycles. The van der Waals surface area contributed by atoms with Gasteiger partial charge in [0.1, 0.15) is 21.6 Å². The molecule has 11 heteroatoms. The minimum atomic E-state index is -3.96. The third-order valence-electron chi connectivity index (χ3n) is 5.76. The number of nitrogens with one attached hydrogen (secondary N) is 1. The van der Waals surface area contributed by atoms with Crippen molar-refractivity contribution in [1.82, 2.24) is 9.88 Å². The van der Waals surface area contributed by atoms with Crippen LogP contribution in [0.3, 0.4) is 0 Å². The van der Waals surface area contributed by atoms with Gasteiger partial charge in [-0.1, -0.05) is 12.1 Å². The molecule has 35 heavy (non-hydrogen) atoms. The number of thiazole rings is 1. The van der Waals surface area contributed by atoms with Gasteiger partial charge < -0.3 is 10.2 Å². The van der Waals surface area contributed by atoms with Crippen LogP contribution in [-0.2, 0) is 32.4 Å². The molecular formula is C24H20FN3O4S3. The van der Waals surface area contributed by atoms with Crippen LogP contribution >= 0.6 is 22.7 Å². The number of anilines is 1. The number of rotatable bonds is 5. The molecule has 0 atom stereocenters. The number of sulfone groups is 1. The van der Waals surface area contributed by atoms with Crippen molar-refractivity contribution >= 4 is 59.5 Å². The molecule has 7 nitrogen and oxygen atoms in total. The zero-order chi connectivity index (χ0) is 24.7. The van der Waals surface area contributed by atoms with E-state index >= 15 is 0 Å². The van der Waals surface area contributed by atoms with Crippen LogP contribution in [0, 0.1) is 5.82 Å². The molecule has 1 N–H and O–H groups in total. The minimum Gasteiger partial charge on any atom is -0.337 e. The van der Waals surface area contributed by atoms with E-state index in [0.717, 1.165) is 55.5 Å². The quantitative estimate of drug-likeness (QED) is 0.385. The molecule has 0 unspecified atom stereocenters. The van der Waals surface area contributed by atoms with Crippen LogP contribution in [0.4, 0.5) is 9.39 Å². The SMILES string of the molecule is CC(=O)N1CCc2c(sc(NC(=O)CS(=O)(=O)c3ccc(F)cc3)c2-c2nc3ccccc3s2)C1. The summed E-state index contributed by atoms with van der Waals surface area (Å²) in [7, 11) is -3.96. The second-order valence-corrected chi connectivity index (χ2v) is 12.3. The van der Waals surface area contributed by atoms with Gasteiger partial charge in [0, 0.05) is 23.9 Å². The van der Waals surface area contributed by atoms with E-state index in [2.05, 4.69) is 5.32 Å². The molecule has 0 saturated carbocycles. The Balaban J connectivity index is 1.50. The molecule has 0 spiro atoms. The molecule has 5 rings (SSSR count). The van der Waals surface area contributed by atoms with Crippen molar-refractivity contribution < 1.29 is 22.4 Å². The third-order valence-corrected chi connectivity index (χ3v) is 9.58. The van der Waals surface area contributed by atoms with Gasteiger partial charge in [-0.3, -0.25) is 9.59 Å². The number of nitrogens with zero attached hydrogens (tertiary/aromatic N) is 2. The molecule has 0 radical (unpaired) electrons. The Morgan fingerprint density at radius 2 is 1.86 bits per heavy atom. The van der Waals surface area contributed by atoms with E-state index in [9.17, 15) is 22.4 Å². The lowest BCUT2D eigenvalue weighted by Crippen LogP contribution is -2.33. The van der Waals surface area contributed by atoms with Gasteiger partial charge in [-0.05, 0) is 48.4 Å². The normalized spacial score (nSPS) is 13.6. The lowest BCUT2D eigenvalue weighted by atomic mass is 10.0. The van der Waals surface area contributed by atoms with Crippen LogP contribution in [0.15, 0.2) is 53.4 Å². The Hall–Kier alpha value is -3.15. The Kier molecular flexibility index (Phi) is 6.16. The number of carbonyl (C=O) groups excluding carboxylic acids is 2. The zero-order valence-corrected chi connectivity index (χ0v) is 21.0. The molecule has 4 aromatic rings. The fourth-order valence-corrected chi connectivity index (χ4v) is 7.55. The molecule has 3 heterocycles. The summed E-state index contributed by atoms with van der Waals surface area (Å²) in [6.07, 6.45) is 0.612. The van der Waals surface area contributed by atoms with Crippen LogP contribution < -0.4 is 5.32 Å². The first-order valence-corrected chi connectivity index (χ1v) is 14.0. The summed E-state index contributed by atoms with van der Waals surface area (Å²) in [5, 5.41) is 4.03. The van der Waals surface area contributed by atoms with E-state index in [1.165, 1.54) is 29.6 Å². The number of para-hydroxylation sites is 1. The Labute approximate surface area is 209 Å². The number of benzene rings is 2. The summed E-state index contributed by atoms with van der Waals surface area (Å²) in [6, 6.07) is 12.1. The zero-order valence-electron chi connectivity index (χ0n) is 18.6. The molecule has 0 fully saturated rings. The largest absolute Gasteiger partial charge is 0.337 e. The Bertz CT molecular complexity index is 1530. The average molecular weight is 530 g/mol. The molecule has 2 aromatic heterocycles. The lowest BCUT2D eigenvalue weighted by Gasteiger charge is -2.26. The van der Waals surface area contributed by atoms with Crippen molar-refractivity contribution in [3.05, 3.63) is 64.8 Å². The molecule has 180 valence electrons. The predicted octanol–water partition coefficient (Wildman–Crippen LogP) is 4.48. The maximum atomic E-state index is 13.2. The number of thiophene rings is 1. The number of hydrogen-bond acceptors (Lipinski definition) is 7. The number of aromatic nitrogens is 1. The molecule has 2 amide bonds. The third kappa shape index (κ3) is 4.71. The summed E-state index contributed by atoms with van der Waals surface area (Å²) >= 11 is 2.83. The van der Waals surface area contributed by atoms with Gasteiger partial charge in [0.25, 0.3) is 0 Å². The van der Waals surface area contributed by atoms with Crippen molar-refractivity contribution in [2.24, 2.45) is 0 Å². The van der Waals surface area contributed by atoms with Crippen LogP contribution in [0.2, 0.25) is 0 Å². The second kappa shape index (κ2) is 9.14. The van der Waals surface area contributed by atoms with E-state index < -0.39 is 27.3 Å². The van der Waals surface area contributed by atoms with E-state index in [1.807, 2.05) is 24.3 Å². The van der Waals surface area contributed by atoms with Gasteiger partial charge in [-0.2, -0.15) is 0 Å². The Morgan fingerprint density at radius 3 is 2.57 bits per heavy atom. The van der Waals surface area contributed by atoms with Gasteiger partial charge in [0.2, 0.25) is 11.8 Å². The van der Waals surface area contributed by atoms with Gasteiger partial charge >= 0.3 is 0 Å². The first-order valence-electron chi connectivity index (χ1n) is 10.8.